The van der Waals surface area contributed by atoms with Crippen LogP contribution in [0.15, 0.2) is 51.7 Å². The van der Waals surface area contributed by atoms with Crippen LogP contribution in [-0.2, 0) is 6.54 Å². The summed E-state index contributed by atoms with van der Waals surface area (Å²) in [5.41, 5.74) is 1.81. The largest absolute Gasteiger partial charge is 0.493 e. The molecule has 1 saturated heterocycles. The van der Waals surface area contributed by atoms with Crippen LogP contribution in [-0.4, -0.2) is 29.6 Å². The van der Waals surface area contributed by atoms with Gasteiger partial charge in [0.15, 0.2) is 0 Å². The number of hydrogen-bond donors (Lipinski definition) is 0. The Morgan fingerprint density at radius 3 is 3.07 bits per heavy atom. The van der Waals surface area contributed by atoms with Crippen LogP contribution in [0.1, 0.15) is 24.3 Å². The number of benzene rings is 1. The van der Waals surface area contributed by atoms with Crippen molar-refractivity contribution in [3.8, 4) is 17.2 Å². The Kier molecular flexibility index (Phi) is 5.25. The van der Waals surface area contributed by atoms with Crippen LogP contribution in [0, 0.1) is 18.7 Å². The van der Waals surface area contributed by atoms with Gasteiger partial charge in [0.05, 0.1) is 24.1 Å². The van der Waals surface area contributed by atoms with Crippen LogP contribution in [0.3, 0.4) is 0 Å². The van der Waals surface area contributed by atoms with E-state index in [-0.39, 0.29) is 5.82 Å². The maximum absolute atomic E-state index is 13.3. The number of likely N-dealkylation sites (tertiary alicyclic amines) is 1. The highest BCUT2D eigenvalue weighted by atomic mass is 19.1. The molecule has 6 heteroatoms. The van der Waals surface area contributed by atoms with Crippen molar-refractivity contribution in [3.05, 3.63) is 60.1 Å². The molecule has 0 N–H and O–H groups in total. The molecule has 0 aliphatic carbocycles. The first-order chi connectivity index (χ1) is 13.2. The Morgan fingerprint density at radius 2 is 2.26 bits per heavy atom. The van der Waals surface area contributed by atoms with Gasteiger partial charge in [0.25, 0.3) is 0 Å². The van der Waals surface area contributed by atoms with Gasteiger partial charge in [0, 0.05) is 25.1 Å². The number of furan rings is 1. The van der Waals surface area contributed by atoms with Crippen molar-refractivity contribution in [2.45, 2.75) is 26.3 Å². The number of piperidine rings is 1. The van der Waals surface area contributed by atoms with Crippen LogP contribution in [0.5, 0.6) is 5.75 Å². The highest BCUT2D eigenvalue weighted by Crippen LogP contribution is 2.25. The second-order valence-corrected chi connectivity index (χ2v) is 7.05. The Labute approximate surface area is 157 Å². The molecule has 1 aliphatic rings. The molecule has 0 spiro atoms. The van der Waals surface area contributed by atoms with Crippen LogP contribution >= 0.6 is 0 Å². The average molecular weight is 370 g/mol. The molecule has 1 unspecified atom stereocenters. The molecular formula is C21H23FN2O3. The standard InChI is InChI=1S/C21H23FN2O3/c1-15-20(23-21(27-15)17-7-9-25-14-17)12-24-8-3-4-16(11-24)13-26-19-6-2-5-18(22)10-19/h2,5-7,9-10,14,16H,3-4,8,11-13H2,1H3. The molecule has 0 amide bonds. The molecule has 142 valence electrons. The van der Waals surface area contributed by atoms with Crippen molar-refractivity contribution in [1.29, 1.82) is 0 Å². The average Bonchev–Trinajstić information content (AvgIpc) is 3.31. The molecule has 0 radical (unpaired) electrons. The van der Waals surface area contributed by atoms with Gasteiger partial charge in [-0.3, -0.25) is 4.90 Å². The van der Waals surface area contributed by atoms with Gasteiger partial charge < -0.3 is 13.6 Å². The summed E-state index contributed by atoms with van der Waals surface area (Å²) in [5, 5.41) is 0. The van der Waals surface area contributed by atoms with Gasteiger partial charge in [0.2, 0.25) is 5.89 Å². The Balaban J connectivity index is 1.35. The number of halogens is 1. The summed E-state index contributed by atoms with van der Waals surface area (Å²) < 4.78 is 30.0. The molecule has 3 heterocycles. The van der Waals surface area contributed by atoms with Crippen molar-refractivity contribution in [2.75, 3.05) is 19.7 Å². The smallest absolute Gasteiger partial charge is 0.229 e. The summed E-state index contributed by atoms with van der Waals surface area (Å²) in [7, 11) is 0. The SMILES string of the molecule is Cc1oc(-c2ccoc2)nc1CN1CCCC(COc2cccc(F)c2)C1. The predicted molar refractivity (Wildman–Crippen MR) is 98.8 cm³/mol. The van der Waals surface area contributed by atoms with E-state index in [1.54, 1.807) is 24.7 Å². The van der Waals surface area contributed by atoms with E-state index in [0.717, 1.165) is 49.5 Å². The normalized spacial score (nSPS) is 17.9. The van der Waals surface area contributed by atoms with Crippen LogP contribution < -0.4 is 4.74 Å². The monoisotopic (exact) mass is 370 g/mol. The van der Waals surface area contributed by atoms with E-state index in [0.29, 0.717) is 24.2 Å². The minimum atomic E-state index is -0.271. The first kappa shape index (κ1) is 17.8. The fourth-order valence-corrected chi connectivity index (χ4v) is 3.50. The van der Waals surface area contributed by atoms with Crippen molar-refractivity contribution < 1.29 is 18.0 Å². The lowest BCUT2D eigenvalue weighted by Gasteiger charge is -2.32. The Hall–Kier alpha value is -2.60. The second-order valence-electron chi connectivity index (χ2n) is 7.05. The third-order valence-corrected chi connectivity index (χ3v) is 4.92. The van der Waals surface area contributed by atoms with Crippen LogP contribution in [0.2, 0.25) is 0 Å². The van der Waals surface area contributed by atoms with Gasteiger partial charge >= 0.3 is 0 Å². The van der Waals surface area contributed by atoms with E-state index in [4.69, 9.17) is 13.6 Å². The molecule has 2 aromatic heterocycles. The predicted octanol–water partition coefficient (Wildman–Crippen LogP) is 4.67. The molecule has 1 fully saturated rings. The Bertz CT molecular complexity index is 875. The highest BCUT2D eigenvalue weighted by Gasteiger charge is 2.23. The van der Waals surface area contributed by atoms with Gasteiger partial charge in [-0.2, -0.15) is 0 Å². The summed E-state index contributed by atoms with van der Waals surface area (Å²) in [4.78, 5) is 7.02. The topological polar surface area (TPSA) is 51.6 Å². The summed E-state index contributed by atoms with van der Waals surface area (Å²) in [6.07, 6.45) is 5.48. The van der Waals surface area contributed by atoms with Crippen molar-refractivity contribution in [3.63, 3.8) is 0 Å². The van der Waals surface area contributed by atoms with Crippen molar-refractivity contribution >= 4 is 0 Å². The molecule has 1 aliphatic heterocycles. The quantitative estimate of drug-likeness (QED) is 0.631. The maximum atomic E-state index is 13.3. The summed E-state index contributed by atoms with van der Waals surface area (Å²) in [6, 6.07) is 8.16. The van der Waals surface area contributed by atoms with E-state index in [2.05, 4.69) is 9.88 Å². The molecule has 4 rings (SSSR count). The van der Waals surface area contributed by atoms with Gasteiger partial charge in [-0.05, 0) is 44.5 Å². The molecule has 0 bridgehead atoms. The van der Waals surface area contributed by atoms with Crippen LogP contribution in [0.4, 0.5) is 4.39 Å². The van der Waals surface area contributed by atoms with Crippen molar-refractivity contribution in [2.24, 2.45) is 5.92 Å². The maximum Gasteiger partial charge on any atom is 0.229 e. The number of oxazole rings is 1. The zero-order chi connectivity index (χ0) is 18.6. The summed E-state index contributed by atoms with van der Waals surface area (Å²) in [5.74, 6) is 2.17. The van der Waals surface area contributed by atoms with Gasteiger partial charge in [0.1, 0.15) is 23.6 Å². The minimum absolute atomic E-state index is 0.271. The first-order valence-corrected chi connectivity index (χ1v) is 9.27. The van der Waals surface area contributed by atoms with Crippen LogP contribution in [0.25, 0.3) is 11.5 Å². The third-order valence-electron chi connectivity index (χ3n) is 4.92. The van der Waals surface area contributed by atoms with Gasteiger partial charge in [-0.1, -0.05) is 6.07 Å². The van der Waals surface area contributed by atoms with E-state index in [9.17, 15) is 4.39 Å². The lowest BCUT2D eigenvalue weighted by molar-refractivity contribution is 0.123. The third kappa shape index (κ3) is 4.39. The van der Waals surface area contributed by atoms with Crippen molar-refractivity contribution in [1.82, 2.24) is 9.88 Å². The lowest BCUT2D eigenvalue weighted by atomic mass is 9.99. The molecule has 5 nitrogen and oxygen atoms in total. The molecule has 1 atom stereocenters. The van der Waals surface area contributed by atoms with E-state index >= 15 is 0 Å². The number of nitrogens with zero attached hydrogens (tertiary/aromatic N) is 2. The van der Waals surface area contributed by atoms with Gasteiger partial charge in [-0.25, -0.2) is 9.37 Å². The number of aryl methyl sites for hydroxylation is 1. The van der Waals surface area contributed by atoms with E-state index < -0.39 is 0 Å². The molecule has 27 heavy (non-hydrogen) atoms. The molecule has 3 aromatic rings. The number of rotatable bonds is 6. The second kappa shape index (κ2) is 7.96. The first-order valence-electron chi connectivity index (χ1n) is 9.27. The zero-order valence-corrected chi connectivity index (χ0v) is 15.4. The van der Waals surface area contributed by atoms with E-state index in [1.807, 2.05) is 13.0 Å². The Morgan fingerprint density at radius 1 is 1.33 bits per heavy atom. The zero-order valence-electron chi connectivity index (χ0n) is 15.4. The highest BCUT2D eigenvalue weighted by molar-refractivity contribution is 5.51. The van der Waals surface area contributed by atoms with E-state index in [1.165, 1.54) is 12.1 Å². The number of ether oxygens (including phenoxy) is 1. The molecular weight excluding hydrogens is 347 g/mol. The summed E-state index contributed by atoms with van der Waals surface area (Å²) in [6.45, 7) is 5.26. The van der Waals surface area contributed by atoms with Gasteiger partial charge in [-0.15, -0.1) is 0 Å². The molecule has 0 saturated carbocycles. The number of aromatic nitrogens is 1. The lowest BCUT2D eigenvalue weighted by Crippen LogP contribution is -2.37. The minimum Gasteiger partial charge on any atom is -0.493 e. The fraction of sp³-hybridized carbons (Fsp3) is 0.381. The molecule has 1 aromatic carbocycles. The fourth-order valence-electron chi connectivity index (χ4n) is 3.50. The summed E-state index contributed by atoms with van der Waals surface area (Å²) >= 11 is 0. The number of hydrogen-bond acceptors (Lipinski definition) is 5.